The third-order valence-electron chi connectivity index (χ3n) is 3.59. The minimum Gasteiger partial charge on any atom is -0.486 e. The van der Waals surface area contributed by atoms with Gasteiger partial charge in [0.15, 0.2) is 11.5 Å². The van der Waals surface area contributed by atoms with E-state index in [0.29, 0.717) is 42.5 Å². The van der Waals surface area contributed by atoms with Crippen molar-refractivity contribution in [2.24, 2.45) is 0 Å². The summed E-state index contributed by atoms with van der Waals surface area (Å²) in [6, 6.07) is 8.23. The Morgan fingerprint density at radius 2 is 1.88 bits per heavy atom. The number of carbonyl (C=O) groups is 2. The Balaban J connectivity index is 1.72. The number of hydrogen-bond acceptors (Lipinski definition) is 5. The molecule has 130 valence electrons. The van der Waals surface area contributed by atoms with Crippen LogP contribution in [-0.4, -0.2) is 36.6 Å². The van der Waals surface area contributed by atoms with Crippen LogP contribution in [0, 0.1) is 0 Å². The van der Waals surface area contributed by atoms with E-state index in [2.05, 4.69) is 15.6 Å². The van der Waals surface area contributed by atoms with Crippen LogP contribution in [0.1, 0.15) is 34.2 Å². The minimum absolute atomic E-state index is 0.211. The summed E-state index contributed by atoms with van der Waals surface area (Å²) in [5.74, 6) is 0.626. The number of amides is 2. The van der Waals surface area contributed by atoms with Crippen molar-refractivity contribution in [3.8, 4) is 11.5 Å². The molecule has 1 aromatic heterocycles. The number of ether oxygens (including phenoxy) is 2. The number of nitrogens with one attached hydrogen (secondary N) is 2. The van der Waals surface area contributed by atoms with Crippen LogP contribution in [0.5, 0.6) is 11.5 Å². The van der Waals surface area contributed by atoms with Crippen molar-refractivity contribution in [3.63, 3.8) is 0 Å². The molecule has 2 N–H and O–H groups in total. The number of hydrogen-bond donors (Lipinski definition) is 2. The van der Waals surface area contributed by atoms with Crippen molar-refractivity contribution < 1.29 is 19.1 Å². The molecule has 0 aliphatic carbocycles. The normalized spacial score (nSPS) is 12.4. The molecule has 0 spiro atoms. The molecule has 0 fully saturated rings. The van der Waals surface area contributed by atoms with Crippen LogP contribution >= 0.6 is 0 Å². The van der Waals surface area contributed by atoms with Gasteiger partial charge in [-0.05, 0) is 30.7 Å². The summed E-state index contributed by atoms with van der Waals surface area (Å²) in [6.07, 6.45) is 2.27. The molecule has 2 heterocycles. The molecule has 25 heavy (non-hydrogen) atoms. The molecule has 2 amide bonds. The summed E-state index contributed by atoms with van der Waals surface area (Å²) in [7, 11) is 0. The van der Waals surface area contributed by atoms with Gasteiger partial charge in [-0.3, -0.25) is 14.6 Å². The average molecular weight is 341 g/mol. The lowest BCUT2D eigenvalue weighted by molar-refractivity contribution is 0.0948. The quantitative estimate of drug-likeness (QED) is 0.870. The molecule has 3 rings (SSSR count). The van der Waals surface area contributed by atoms with Crippen LogP contribution in [0.15, 0.2) is 36.5 Å². The van der Waals surface area contributed by atoms with E-state index in [1.54, 1.807) is 24.3 Å². The third-order valence-corrected chi connectivity index (χ3v) is 3.59. The second-order valence-electron chi connectivity index (χ2n) is 5.50. The second-order valence-corrected chi connectivity index (χ2v) is 5.50. The van der Waals surface area contributed by atoms with Crippen molar-refractivity contribution in [2.45, 2.75) is 13.3 Å². The Labute approximate surface area is 145 Å². The van der Waals surface area contributed by atoms with Crippen LogP contribution in [0.25, 0.3) is 0 Å². The van der Waals surface area contributed by atoms with Gasteiger partial charge in [0.25, 0.3) is 11.8 Å². The Kier molecular flexibility index (Phi) is 5.13. The van der Waals surface area contributed by atoms with Gasteiger partial charge < -0.3 is 20.1 Å². The first-order valence-corrected chi connectivity index (χ1v) is 8.12. The van der Waals surface area contributed by atoms with Gasteiger partial charge in [-0.2, -0.15) is 0 Å². The highest BCUT2D eigenvalue weighted by molar-refractivity contribution is 6.05. The van der Waals surface area contributed by atoms with Crippen LogP contribution in [0.4, 0.5) is 5.69 Å². The van der Waals surface area contributed by atoms with E-state index < -0.39 is 0 Å². The summed E-state index contributed by atoms with van der Waals surface area (Å²) < 4.78 is 11.0. The molecule has 0 unspecified atom stereocenters. The number of rotatable bonds is 5. The summed E-state index contributed by atoms with van der Waals surface area (Å²) in [6.45, 7) is 3.52. The van der Waals surface area contributed by atoms with Crippen LogP contribution in [0.3, 0.4) is 0 Å². The van der Waals surface area contributed by atoms with Gasteiger partial charge in [-0.15, -0.1) is 0 Å². The van der Waals surface area contributed by atoms with E-state index in [1.165, 1.54) is 12.3 Å². The van der Waals surface area contributed by atoms with E-state index in [-0.39, 0.29) is 17.5 Å². The van der Waals surface area contributed by atoms with E-state index in [4.69, 9.17) is 9.47 Å². The maximum absolute atomic E-state index is 12.4. The number of pyridine rings is 1. The second kappa shape index (κ2) is 7.65. The van der Waals surface area contributed by atoms with Gasteiger partial charge in [0.2, 0.25) is 0 Å². The Bertz CT molecular complexity index is 792. The van der Waals surface area contributed by atoms with Crippen LogP contribution in [-0.2, 0) is 0 Å². The summed E-state index contributed by atoms with van der Waals surface area (Å²) in [4.78, 5) is 28.4. The fourth-order valence-corrected chi connectivity index (χ4v) is 2.35. The van der Waals surface area contributed by atoms with Crippen LogP contribution in [0.2, 0.25) is 0 Å². The Morgan fingerprint density at radius 1 is 1.08 bits per heavy atom. The van der Waals surface area contributed by atoms with Gasteiger partial charge in [0.05, 0.1) is 0 Å². The van der Waals surface area contributed by atoms with Crippen molar-refractivity contribution in [2.75, 3.05) is 25.1 Å². The van der Waals surface area contributed by atoms with Crippen LogP contribution < -0.4 is 20.1 Å². The third kappa shape index (κ3) is 4.06. The number of benzene rings is 1. The molecule has 7 nitrogen and oxygen atoms in total. The SMILES string of the molecule is CCCNC(=O)c1cc(C(=O)Nc2ccc3c(c2)OCCO3)ccn1. The van der Waals surface area contributed by atoms with Crippen molar-refractivity contribution in [1.82, 2.24) is 10.3 Å². The number of nitrogens with zero attached hydrogens (tertiary/aromatic N) is 1. The summed E-state index contributed by atoms with van der Waals surface area (Å²) in [5.41, 5.74) is 1.15. The zero-order chi connectivity index (χ0) is 17.6. The highest BCUT2D eigenvalue weighted by atomic mass is 16.6. The molecular formula is C18H19N3O4. The first-order chi connectivity index (χ1) is 12.2. The van der Waals surface area contributed by atoms with Crippen molar-refractivity contribution >= 4 is 17.5 Å². The summed E-state index contributed by atoms with van der Waals surface area (Å²) in [5, 5.41) is 5.52. The lowest BCUT2D eigenvalue weighted by atomic mass is 10.2. The fraction of sp³-hybridized carbons (Fsp3) is 0.278. The Hall–Kier alpha value is -3.09. The topological polar surface area (TPSA) is 89.6 Å². The van der Waals surface area contributed by atoms with Crippen molar-refractivity contribution in [1.29, 1.82) is 0 Å². The van der Waals surface area contributed by atoms with Gasteiger partial charge >= 0.3 is 0 Å². The lowest BCUT2D eigenvalue weighted by Crippen LogP contribution is -2.25. The number of aromatic nitrogens is 1. The highest BCUT2D eigenvalue weighted by Crippen LogP contribution is 2.32. The van der Waals surface area contributed by atoms with Gasteiger partial charge in [0, 0.05) is 30.1 Å². The first kappa shape index (κ1) is 16.8. The van der Waals surface area contributed by atoms with Gasteiger partial charge in [0.1, 0.15) is 18.9 Å². The van der Waals surface area contributed by atoms with Gasteiger partial charge in [-0.1, -0.05) is 6.92 Å². The van der Waals surface area contributed by atoms with E-state index >= 15 is 0 Å². The smallest absolute Gasteiger partial charge is 0.269 e. The van der Waals surface area contributed by atoms with E-state index in [9.17, 15) is 9.59 Å². The molecule has 0 bridgehead atoms. The molecule has 0 radical (unpaired) electrons. The predicted molar refractivity (Wildman–Crippen MR) is 92.2 cm³/mol. The van der Waals surface area contributed by atoms with Gasteiger partial charge in [-0.25, -0.2) is 0 Å². The minimum atomic E-state index is -0.330. The molecule has 0 atom stereocenters. The monoisotopic (exact) mass is 341 g/mol. The molecule has 0 saturated carbocycles. The van der Waals surface area contributed by atoms with E-state index in [1.807, 2.05) is 6.92 Å². The zero-order valence-electron chi connectivity index (χ0n) is 13.9. The maximum atomic E-state index is 12.4. The number of carbonyl (C=O) groups excluding carboxylic acids is 2. The molecule has 0 saturated heterocycles. The molecule has 1 aromatic carbocycles. The highest BCUT2D eigenvalue weighted by Gasteiger charge is 2.15. The average Bonchev–Trinajstić information content (AvgIpc) is 2.66. The largest absolute Gasteiger partial charge is 0.486 e. The maximum Gasteiger partial charge on any atom is 0.269 e. The van der Waals surface area contributed by atoms with E-state index in [0.717, 1.165) is 6.42 Å². The van der Waals surface area contributed by atoms with Crippen molar-refractivity contribution in [3.05, 3.63) is 47.8 Å². The molecule has 1 aliphatic heterocycles. The molecule has 2 aromatic rings. The fourth-order valence-electron chi connectivity index (χ4n) is 2.35. The summed E-state index contributed by atoms with van der Waals surface area (Å²) >= 11 is 0. The number of fused-ring (bicyclic) bond motifs is 1. The standard InChI is InChI=1S/C18H19N3O4/c1-2-6-20-18(23)14-10-12(5-7-19-14)17(22)21-13-3-4-15-16(11-13)25-9-8-24-15/h3-5,7,10-11H,2,6,8-9H2,1H3,(H,20,23)(H,21,22). The predicted octanol–water partition coefficient (Wildman–Crippen LogP) is 2.24. The molecular weight excluding hydrogens is 322 g/mol. The first-order valence-electron chi connectivity index (χ1n) is 8.12. The molecule has 1 aliphatic rings. The number of anilines is 1. The zero-order valence-corrected chi connectivity index (χ0v) is 13.9. The molecule has 7 heteroatoms. The lowest BCUT2D eigenvalue weighted by Gasteiger charge is -2.19. The Morgan fingerprint density at radius 3 is 2.68 bits per heavy atom.